The highest BCUT2D eigenvalue weighted by Crippen LogP contribution is 2.44. The van der Waals surface area contributed by atoms with Crippen LogP contribution in [0, 0.1) is 17.8 Å². The van der Waals surface area contributed by atoms with Gasteiger partial charge in [0.25, 0.3) is 0 Å². The number of hydrogen-bond acceptors (Lipinski definition) is 2. The van der Waals surface area contributed by atoms with Crippen molar-refractivity contribution in [2.24, 2.45) is 17.8 Å². The summed E-state index contributed by atoms with van der Waals surface area (Å²) in [7, 11) is 1.65. The first-order chi connectivity index (χ1) is 8.47. The van der Waals surface area contributed by atoms with Gasteiger partial charge in [-0.05, 0) is 31.1 Å². The Hall–Kier alpha value is -1.26. The average molecular weight is 254 g/mol. The van der Waals surface area contributed by atoms with Crippen molar-refractivity contribution < 1.29 is 14.7 Å². The third kappa shape index (κ3) is 2.76. The zero-order chi connectivity index (χ0) is 13.3. The molecule has 2 aliphatic rings. The Labute approximate surface area is 108 Å². The Bertz CT molecular complexity index is 345. The van der Waals surface area contributed by atoms with Gasteiger partial charge in [-0.2, -0.15) is 0 Å². The molecule has 2 amide bonds. The van der Waals surface area contributed by atoms with E-state index in [4.69, 9.17) is 5.11 Å². The summed E-state index contributed by atoms with van der Waals surface area (Å²) in [5.74, 6) is 0.0446. The van der Waals surface area contributed by atoms with Gasteiger partial charge in [-0.3, -0.25) is 4.79 Å². The van der Waals surface area contributed by atoms with E-state index in [9.17, 15) is 9.59 Å². The molecule has 0 spiro atoms. The highest BCUT2D eigenvalue weighted by atomic mass is 16.4. The molecule has 0 heterocycles. The van der Waals surface area contributed by atoms with Crippen molar-refractivity contribution in [3.05, 3.63) is 0 Å². The molecular formula is C13H22N2O3. The Morgan fingerprint density at radius 2 is 2.11 bits per heavy atom. The molecule has 0 aromatic heterocycles. The zero-order valence-corrected chi connectivity index (χ0v) is 11.1. The van der Waals surface area contributed by atoms with Crippen LogP contribution < -0.4 is 5.32 Å². The third-order valence-electron chi connectivity index (χ3n) is 4.36. The molecule has 2 aliphatic carbocycles. The predicted molar refractivity (Wildman–Crippen MR) is 67.2 cm³/mol. The molecule has 2 saturated carbocycles. The van der Waals surface area contributed by atoms with Crippen LogP contribution in [0.2, 0.25) is 0 Å². The molecule has 102 valence electrons. The van der Waals surface area contributed by atoms with Gasteiger partial charge in [0.15, 0.2) is 0 Å². The van der Waals surface area contributed by atoms with E-state index in [1.807, 2.05) is 0 Å². The first-order valence-electron chi connectivity index (χ1n) is 6.71. The second-order valence-electron chi connectivity index (χ2n) is 5.85. The van der Waals surface area contributed by atoms with Gasteiger partial charge in [-0.25, -0.2) is 4.79 Å². The van der Waals surface area contributed by atoms with Crippen LogP contribution in [0.4, 0.5) is 4.79 Å². The Kier molecular flexibility index (Phi) is 3.78. The number of carbonyl (C=O) groups is 2. The Morgan fingerprint density at radius 3 is 2.61 bits per heavy atom. The quantitative estimate of drug-likeness (QED) is 0.799. The minimum absolute atomic E-state index is 0.138. The van der Waals surface area contributed by atoms with Gasteiger partial charge in [0.1, 0.15) is 0 Å². The summed E-state index contributed by atoms with van der Waals surface area (Å²) in [6.45, 7) is 1.87. The molecule has 0 aliphatic heterocycles. The van der Waals surface area contributed by atoms with Crippen LogP contribution in [0.5, 0.6) is 0 Å². The molecule has 0 radical (unpaired) electrons. The SMILES string of the molecule is CC(CN(C)C(=O)NC1CC2CCC1C2)C(=O)O. The number of carboxylic acid groups (broad SMARTS) is 1. The molecule has 0 aromatic carbocycles. The summed E-state index contributed by atoms with van der Waals surface area (Å²) in [6, 6.07) is 0.166. The minimum Gasteiger partial charge on any atom is -0.481 e. The number of amides is 2. The van der Waals surface area contributed by atoms with Gasteiger partial charge in [-0.15, -0.1) is 0 Å². The molecule has 2 rings (SSSR count). The van der Waals surface area contributed by atoms with Crippen LogP contribution in [0.1, 0.15) is 32.6 Å². The maximum absolute atomic E-state index is 12.0. The lowest BCUT2D eigenvalue weighted by atomic mass is 9.95. The van der Waals surface area contributed by atoms with Crippen molar-refractivity contribution in [3.8, 4) is 0 Å². The maximum Gasteiger partial charge on any atom is 0.317 e. The van der Waals surface area contributed by atoms with E-state index < -0.39 is 11.9 Å². The van der Waals surface area contributed by atoms with Gasteiger partial charge in [0, 0.05) is 19.6 Å². The number of rotatable bonds is 4. The smallest absolute Gasteiger partial charge is 0.317 e. The molecule has 0 saturated heterocycles. The molecule has 2 fully saturated rings. The second-order valence-corrected chi connectivity index (χ2v) is 5.85. The van der Waals surface area contributed by atoms with Crippen LogP contribution >= 0.6 is 0 Å². The lowest BCUT2D eigenvalue weighted by Crippen LogP contribution is -2.46. The fraction of sp³-hybridized carbons (Fsp3) is 0.846. The number of nitrogens with zero attached hydrogens (tertiary/aromatic N) is 1. The molecule has 18 heavy (non-hydrogen) atoms. The van der Waals surface area contributed by atoms with E-state index in [0.717, 1.165) is 12.3 Å². The van der Waals surface area contributed by atoms with Crippen molar-refractivity contribution in [1.29, 1.82) is 0 Å². The summed E-state index contributed by atoms with van der Waals surface area (Å²) < 4.78 is 0. The molecule has 4 atom stereocenters. The first kappa shape index (κ1) is 13.2. The highest BCUT2D eigenvalue weighted by Gasteiger charge is 2.40. The lowest BCUT2D eigenvalue weighted by Gasteiger charge is -2.27. The summed E-state index contributed by atoms with van der Waals surface area (Å²) in [5, 5.41) is 11.9. The van der Waals surface area contributed by atoms with Crippen molar-refractivity contribution in [2.75, 3.05) is 13.6 Å². The van der Waals surface area contributed by atoms with Crippen LogP contribution in [0.25, 0.3) is 0 Å². The summed E-state index contributed by atoms with van der Waals surface area (Å²) in [4.78, 5) is 24.2. The fourth-order valence-electron chi connectivity index (χ4n) is 3.26. The third-order valence-corrected chi connectivity index (χ3v) is 4.36. The van der Waals surface area contributed by atoms with Crippen molar-refractivity contribution in [3.63, 3.8) is 0 Å². The number of carbonyl (C=O) groups excluding carboxylic acids is 1. The number of nitrogens with one attached hydrogen (secondary N) is 1. The largest absolute Gasteiger partial charge is 0.481 e. The van der Waals surface area contributed by atoms with Crippen LogP contribution in [-0.4, -0.2) is 41.6 Å². The van der Waals surface area contributed by atoms with Crippen LogP contribution in [0.3, 0.4) is 0 Å². The molecular weight excluding hydrogens is 232 g/mol. The maximum atomic E-state index is 12.0. The van der Waals surface area contributed by atoms with E-state index in [-0.39, 0.29) is 12.6 Å². The Morgan fingerprint density at radius 1 is 1.39 bits per heavy atom. The lowest BCUT2D eigenvalue weighted by molar-refractivity contribution is -0.141. The Balaban J connectivity index is 1.79. The zero-order valence-electron chi connectivity index (χ0n) is 11.1. The van der Waals surface area contributed by atoms with Gasteiger partial charge < -0.3 is 15.3 Å². The normalized spacial score (nSPS) is 31.1. The molecule has 5 heteroatoms. The van der Waals surface area contributed by atoms with Crippen molar-refractivity contribution in [1.82, 2.24) is 10.2 Å². The van der Waals surface area contributed by atoms with Gasteiger partial charge in [0.2, 0.25) is 0 Å². The van der Waals surface area contributed by atoms with Crippen molar-refractivity contribution >= 4 is 12.0 Å². The van der Waals surface area contributed by atoms with E-state index in [2.05, 4.69) is 5.32 Å². The number of hydrogen-bond donors (Lipinski definition) is 2. The summed E-state index contributed by atoms with van der Waals surface area (Å²) in [5.41, 5.74) is 0. The standard InChI is InChI=1S/C13H22N2O3/c1-8(12(16)17)7-15(2)13(18)14-11-6-9-3-4-10(11)5-9/h8-11H,3-7H2,1-2H3,(H,14,18)(H,16,17). The van der Waals surface area contributed by atoms with E-state index >= 15 is 0 Å². The van der Waals surface area contributed by atoms with Crippen LogP contribution in [-0.2, 0) is 4.79 Å². The summed E-state index contributed by atoms with van der Waals surface area (Å²) >= 11 is 0. The van der Waals surface area contributed by atoms with Crippen LogP contribution in [0.15, 0.2) is 0 Å². The number of carboxylic acids is 1. The predicted octanol–water partition coefficient (Wildman–Crippen LogP) is 1.54. The average Bonchev–Trinajstić information content (AvgIpc) is 2.90. The van der Waals surface area contributed by atoms with Gasteiger partial charge in [-0.1, -0.05) is 13.3 Å². The molecule has 0 aromatic rings. The summed E-state index contributed by atoms with van der Waals surface area (Å²) in [6.07, 6.45) is 4.88. The van der Waals surface area contributed by atoms with E-state index in [0.29, 0.717) is 12.0 Å². The molecule has 2 bridgehead atoms. The first-order valence-corrected chi connectivity index (χ1v) is 6.71. The highest BCUT2D eigenvalue weighted by molar-refractivity contribution is 5.76. The molecule has 5 nitrogen and oxygen atoms in total. The molecule has 4 unspecified atom stereocenters. The number of fused-ring (bicyclic) bond motifs is 2. The minimum atomic E-state index is -0.866. The fourth-order valence-corrected chi connectivity index (χ4v) is 3.26. The number of urea groups is 1. The monoisotopic (exact) mass is 254 g/mol. The van der Waals surface area contributed by atoms with E-state index in [1.165, 1.54) is 24.2 Å². The second kappa shape index (κ2) is 5.16. The van der Waals surface area contributed by atoms with Gasteiger partial charge in [0.05, 0.1) is 5.92 Å². The van der Waals surface area contributed by atoms with E-state index in [1.54, 1.807) is 14.0 Å². The molecule has 2 N–H and O–H groups in total. The van der Waals surface area contributed by atoms with Crippen molar-refractivity contribution in [2.45, 2.75) is 38.6 Å². The number of aliphatic carboxylic acids is 1. The van der Waals surface area contributed by atoms with Gasteiger partial charge >= 0.3 is 12.0 Å². The topological polar surface area (TPSA) is 69.6 Å².